The highest BCUT2D eigenvalue weighted by Gasteiger charge is 2.35. The third-order valence-electron chi connectivity index (χ3n) is 4.53. The SMILES string of the molecule is Cc1cnc(C(=O)C2CC3CCCC(C2)N3)c(C)c1. The van der Waals surface area contributed by atoms with Crippen LogP contribution in [-0.4, -0.2) is 22.9 Å². The first-order valence-electron chi connectivity index (χ1n) is 7.37. The molecule has 0 aliphatic carbocycles. The largest absolute Gasteiger partial charge is 0.311 e. The zero-order chi connectivity index (χ0) is 13.4. The summed E-state index contributed by atoms with van der Waals surface area (Å²) in [5.74, 6) is 0.432. The molecule has 2 fully saturated rings. The van der Waals surface area contributed by atoms with Gasteiger partial charge in [-0.05, 0) is 50.7 Å². The van der Waals surface area contributed by atoms with E-state index in [9.17, 15) is 4.79 Å². The van der Waals surface area contributed by atoms with Crippen LogP contribution in [0.5, 0.6) is 0 Å². The molecule has 0 aromatic carbocycles. The van der Waals surface area contributed by atoms with Crippen molar-refractivity contribution in [2.75, 3.05) is 0 Å². The second kappa shape index (κ2) is 5.04. The van der Waals surface area contributed by atoms with Gasteiger partial charge in [-0.2, -0.15) is 0 Å². The van der Waals surface area contributed by atoms with Gasteiger partial charge in [-0.1, -0.05) is 12.5 Å². The Bertz CT molecular complexity index is 486. The van der Waals surface area contributed by atoms with Gasteiger partial charge in [0.15, 0.2) is 5.78 Å². The molecule has 1 N–H and O–H groups in total. The zero-order valence-electron chi connectivity index (χ0n) is 11.8. The van der Waals surface area contributed by atoms with Crippen molar-refractivity contribution in [1.29, 1.82) is 0 Å². The lowest BCUT2D eigenvalue weighted by atomic mass is 9.77. The Hall–Kier alpha value is -1.22. The van der Waals surface area contributed by atoms with E-state index in [2.05, 4.69) is 16.4 Å². The molecule has 102 valence electrons. The molecule has 1 aromatic heterocycles. The number of nitrogens with one attached hydrogen (secondary N) is 1. The van der Waals surface area contributed by atoms with Crippen molar-refractivity contribution in [3.63, 3.8) is 0 Å². The quantitative estimate of drug-likeness (QED) is 0.829. The highest BCUT2D eigenvalue weighted by atomic mass is 16.1. The predicted octanol–water partition coefficient (Wildman–Crippen LogP) is 2.80. The minimum absolute atomic E-state index is 0.172. The van der Waals surface area contributed by atoms with Gasteiger partial charge in [0.05, 0.1) is 0 Å². The molecular weight excluding hydrogens is 236 g/mol. The summed E-state index contributed by atoms with van der Waals surface area (Å²) in [5.41, 5.74) is 2.83. The third-order valence-corrected chi connectivity index (χ3v) is 4.53. The number of rotatable bonds is 2. The van der Waals surface area contributed by atoms with E-state index in [4.69, 9.17) is 0 Å². The van der Waals surface area contributed by atoms with Gasteiger partial charge >= 0.3 is 0 Å². The van der Waals surface area contributed by atoms with Crippen molar-refractivity contribution in [3.05, 3.63) is 29.1 Å². The summed E-state index contributed by atoms with van der Waals surface area (Å²) in [6, 6.07) is 3.15. The molecule has 19 heavy (non-hydrogen) atoms. The van der Waals surface area contributed by atoms with Crippen LogP contribution in [0.1, 0.15) is 53.7 Å². The lowest BCUT2D eigenvalue weighted by molar-refractivity contribution is 0.0819. The molecule has 0 saturated carbocycles. The molecule has 3 heterocycles. The lowest BCUT2D eigenvalue weighted by Gasteiger charge is -2.39. The molecule has 2 aliphatic rings. The van der Waals surface area contributed by atoms with E-state index in [0.717, 1.165) is 24.0 Å². The van der Waals surface area contributed by atoms with Gasteiger partial charge < -0.3 is 5.32 Å². The van der Waals surface area contributed by atoms with Crippen molar-refractivity contribution >= 4 is 5.78 Å². The summed E-state index contributed by atoms with van der Waals surface area (Å²) in [6.07, 6.45) is 7.54. The van der Waals surface area contributed by atoms with Crippen LogP contribution in [0.3, 0.4) is 0 Å². The number of fused-ring (bicyclic) bond motifs is 2. The Kier molecular flexibility index (Phi) is 3.40. The molecule has 3 rings (SSSR count). The average molecular weight is 258 g/mol. The molecule has 0 spiro atoms. The van der Waals surface area contributed by atoms with Crippen LogP contribution in [0, 0.1) is 19.8 Å². The van der Waals surface area contributed by atoms with E-state index in [0.29, 0.717) is 17.8 Å². The van der Waals surface area contributed by atoms with Crippen molar-refractivity contribution in [2.24, 2.45) is 5.92 Å². The maximum Gasteiger partial charge on any atom is 0.184 e. The Balaban J connectivity index is 1.80. The molecule has 2 bridgehead atoms. The number of piperidine rings is 2. The molecule has 2 aliphatic heterocycles. The van der Waals surface area contributed by atoms with E-state index in [1.165, 1.54) is 19.3 Å². The summed E-state index contributed by atoms with van der Waals surface area (Å²) in [7, 11) is 0. The zero-order valence-corrected chi connectivity index (χ0v) is 11.8. The molecular formula is C16H22N2O. The summed E-state index contributed by atoms with van der Waals surface area (Å²) >= 11 is 0. The lowest BCUT2D eigenvalue weighted by Crippen LogP contribution is -2.50. The smallest absolute Gasteiger partial charge is 0.184 e. The van der Waals surface area contributed by atoms with Crippen LogP contribution in [0.4, 0.5) is 0 Å². The third kappa shape index (κ3) is 2.57. The number of carbonyl (C=O) groups excluding carboxylic acids is 1. The number of pyridine rings is 1. The maximum atomic E-state index is 12.7. The standard InChI is InChI=1S/C16H22N2O/c1-10-6-11(2)15(17-9-10)16(19)12-7-13-4-3-5-14(8-12)18-13/h6,9,12-14,18H,3-5,7-8H2,1-2H3. The Labute approximate surface area is 114 Å². The van der Waals surface area contributed by atoms with Crippen LogP contribution >= 0.6 is 0 Å². The maximum absolute atomic E-state index is 12.7. The van der Waals surface area contributed by atoms with E-state index in [1.807, 2.05) is 20.0 Å². The molecule has 3 heteroatoms. The Morgan fingerprint density at radius 2 is 1.95 bits per heavy atom. The molecule has 0 amide bonds. The number of hydrogen-bond acceptors (Lipinski definition) is 3. The van der Waals surface area contributed by atoms with Gasteiger partial charge in [0, 0.05) is 24.2 Å². The number of ketones is 1. The summed E-state index contributed by atoms with van der Waals surface area (Å²) in [6.45, 7) is 4.01. The van der Waals surface area contributed by atoms with Crippen LogP contribution in [0.25, 0.3) is 0 Å². The Morgan fingerprint density at radius 3 is 2.58 bits per heavy atom. The van der Waals surface area contributed by atoms with Gasteiger partial charge in [0.2, 0.25) is 0 Å². The van der Waals surface area contributed by atoms with E-state index < -0.39 is 0 Å². The molecule has 1 aromatic rings. The molecule has 2 saturated heterocycles. The van der Waals surface area contributed by atoms with Crippen molar-refractivity contribution < 1.29 is 4.79 Å². The monoisotopic (exact) mass is 258 g/mol. The Morgan fingerprint density at radius 1 is 1.26 bits per heavy atom. The fourth-order valence-corrected chi connectivity index (χ4v) is 3.65. The second-order valence-corrected chi connectivity index (χ2v) is 6.20. The highest BCUT2D eigenvalue weighted by Crippen LogP contribution is 2.31. The van der Waals surface area contributed by atoms with E-state index >= 15 is 0 Å². The number of carbonyl (C=O) groups is 1. The fourth-order valence-electron chi connectivity index (χ4n) is 3.65. The number of nitrogens with zero attached hydrogens (tertiary/aromatic N) is 1. The predicted molar refractivity (Wildman–Crippen MR) is 75.3 cm³/mol. The van der Waals surface area contributed by atoms with Gasteiger partial charge in [-0.25, -0.2) is 0 Å². The first kappa shape index (κ1) is 12.8. The minimum atomic E-state index is 0.172. The minimum Gasteiger partial charge on any atom is -0.311 e. The fraction of sp³-hybridized carbons (Fsp3) is 0.625. The van der Waals surface area contributed by atoms with Crippen molar-refractivity contribution in [3.8, 4) is 0 Å². The normalized spacial score (nSPS) is 30.1. The van der Waals surface area contributed by atoms with Crippen LogP contribution < -0.4 is 5.32 Å². The first-order chi connectivity index (χ1) is 9.13. The molecule has 2 unspecified atom stereocenters. The van der Waals surface area contributed by atoms with Gasteiger partial charge in [-0.3, -0.25) is 9.78 Å². The van der Waals surface area contributed by atoms with E-state index in [1.54, 1.807) is 0 Å². The van der Waals surface area contributed by atoms with E-state index in [-0.39, 0.29) is 11.7 Å². The number of hydrogen-bond donors (Lipinski definition) is 1. The van der Waals surface area contributed by atoms with Crippen LogP contribution in [-0.2, 0) is 0 Å². The molecule has 0 radical (unpaired) electrons. The summed E-state index contributed by atoms with van der Waals surface area (Å²) in [4.78, 5) is 17.0. The highest BCUT2D eigenvalue weighted by molar-refractivity contribution is 5.97. The summed E-state index contributed by atoms with van der Waals surface area (Å²) < 4.78 is 0. The first-order valence-corrected chi connectivity index (χ1v) is 7.37. The molecule has 2 atom stereocenters. The number of Topliss-reactive ketones (excluding diaryl/α,β-unsaturated/α-hetero) is 1. The van der Waals surface area contributed by atoms with Crippen LogP contribution in [0.15, 0.2) is 12.3 Å². The summed E-state index contributed by atoms with van der Waals surface area (Å²) in [5, 5.41) is 3.64. The van der Waals surface area contributed by atoms with Crippen LogP contribution in [0.2, 0.25) is 0 Å². The average Bonchev–Trinajstić information content (AvgIpc) is 2.37. The van der Waals surface area contributed by atoms with Gasteiger partial charge in [-0.15, -0.1) is 0 Å². The number of aromatic nitrogens is 1. The van der Waals surface area contributed by atoms with Gasteiger partial charge in [0.1, 0.15) is 5.69 Å². The van der Waals surface area contributed by atoms with Gasteiger partial charge in [0.25, 0.3) is 0 Å². The van der Waals surface area contributed by atoms with Crippen molar-refractivity contribution in [1.82, 2.24) is 10.3 Å². The second-order valence-electron chi connectivity index (χ2n) is 6.20. The number of aryl methyl sites for hydroxylation is 2. The van der Waals surface area contributed by atoms with Crippen molar-refractivity contribution in [2.45, 2.75) is 58.0 Å². The molecule has 3 nitrogen and oxygen atoms in total. The topological polar surface area (TPSA) is 42.0 Å².